The molecule has 1 rings (SSSR count). The SMILES string of the molecule is CCCOc1c(F)cc(F)cc1I. The summed E-state index contributed by atoms with van der Waals surface area (Å²) in [7, 11) is 0. The Morgan fingerprint density at radius 3 is 2.62 bits per heavy atom. The van der Waals surface area contributed by atoms with Crippen LogP contribution in [0.3, 0.4) is 0 Å². The van der Waals surface area contributed by atoms with Gasteiger partial charge in [0.15, 0.2) is 11.6 Å². The van der Waals surface area contributed by atoms with Crippen molar-refractivity contribution < 1.29 is 13.5 Å². The Morgan fingerprint density at radius 1 is 1.38 bits per heavy atom. The molecule has 0 aromatic heterocycles. The van der Waals surface area contributed by atoms with Crippen LogP contribution in [0.5, 0.6) is 5.75 Å². The number of hydrogen-bond acceptors (Lipinski definition) is 1. The molecule has 72 valence electrons. The minimum atomic E-state index is -0.641. The van der Waals surface area contributed by atoms with E-state index in [2.05, 4.69) is 0 Å². The van der Waals surface area contributed by atoms with Gasteiger partial charge in [0, 0.05) is 6.07 Å². The maximum absolute atomic E-state index is 13.1. The first-order chi connectivity index (χ1) is 6.15. The second-order valence-corrected chi connectivity index (χ2v) is 3.71. The predicted octanol–water partition coefficient (Wildman–Crippen LogP) is 3.36. The highest BCUT2D eigenvalue weighted by Gasteiger charge is 2.09. The van der Waals surface area contributed by atoms with Gasteiger partial charge in [-0.05, 0) is 35.1 Å². The van der Waals surface area contributed by atoms with Gasteiger partial charge in [0.2, 0.25) is 0 Å². The van der Waals surface area contributed by atoms with Gasteiger partial charge in [0.1, 0.15) is 5.82 Å². The number of halogens is 3. The molecule has 1 aromatic carbocycles. The van der Waals surface area contributed by atoms with Gasteiger partial charge in [-0.3, -0.25) is 0 Å². The van der Waals surface area contributed by atoms with Gasteiger partial charge < -0.3 is 4.74 Å². The highest BCUT2D eigenvalue weighted by atomic mass is 127. The van der Waals surface area contributed by atoms with E-state index >= 15 is 0 Å². The van der Waals surface area contributed by atoms with Crippen LogP contribution in [-0.2, 0) is 0 Å². The van der Waals surface area contributed by atoms with Crippen molar-refractivity contribution in [3.05, 3.63) is 27.3 Å². The Morgan fingerprint density at radius 2 is 2.08 bits per heavy atom. The lowest BCUT2D eigenvalue weighted by atomic mass is 10.3. The second-order valence-electron chi connectivity index (χ2n) is 2.55. The van der Waals surface area contributed by atoms with Crippen molar-refractivity contribution in [3.63, 3.8) is 0 Å². The van der Waals surface area contributed by atoms with Crippen LogP contribution in [-0.4, -0.2) is 6.61 Å². The molecule has 0 fully saturated rings. The van der Waals surface area contributed by atoms with Crippen molar-refractivity contribution in [1.82, 2.24) is 0 Å². The van der Waals surface area contributed by atoms with Crippen LogP contribution in [0, 0.1) is 15.2 Å². The summed E-state index contributed by atoms with van der Waals surface area (Å²) in [5.74, 6) is -1.08. The zero-order valence-corrected chi connectivity index (χ0v) is 9.27. The van der Waals surface area contributed by atoms with Crippen molar-refractivity contribution in [2.45, 2.75) is 13.3 Å². The molecular weight excluding hydrogens is 289 g/mol. The van der Waals surface area contributed by atoms with Gasteiger partial charge >= 0.3 is 0 Å². The van der Waals surface area contributed by atoms with E-state index in [9.17, 15) is 8.78 Å². The molecule has 0 saturated heterocycles. The van der Waals surface area contributed by atoms with Gasteiger partial charge in [-0.15, -0.1) is 0 Å². The van der Waals surface area contributed by atoms with E-state index in [1.165, 1.54) is 6.07 Å². The van der Waals surface area contributed by atoms with Crippen LogP contribution in [0.4, 0.5) is 8.78 Å². The molecule has 0 saturated carbocycles. The molecule has 13 heavy (non-hydrogen) atoms. The van der Waals surface area contributed by atoms with Crippen molar-refractivity contribution in [2.24, 2.45) is 0 Å². The summed E-state index contributed by atoms with van der Waals surface area (Å²) < 4.78 is 31.3. The monoisotopic (exact) mass is 298 g/mol. The first-order valence-corrected chi connectivity index (χ1v) is 5.00. The highest BCUT2D eigenvalue weighted by Crippen LogP contribution is 2.25. The van der Waals surface area contributed by atoms with Crippen molar-refractivity contribution in [1.29, 1.82) is 0 Å². The molecule has 0 spiro atoms. The van der Waals surface area contributed by atoms with E-state index in [0.717, 1.165) is 12.5 Å². The average Bonchev–Trinajstić information content (AvgIpc) is 2.02. The number of benzene rings is 1. The molecule has 0 heterocycles. The zero-order chi connectivity index (χ0) is 9.84. The Balaban J connectivity index is 2.92. The number of rotatable bonds is 3. The van der Waals surface area contributed by atoms with Crippen LogP contribution >= 0.6 is 22.6 Å². The maximum atomic E-state index is 13.1. The standard InChI is InChI=1S/C9H9F2IO/c1-2-3-13-9-7(11)4-6(10)5-8(9)12/h4-5H,2-3H2,1H3. The number of hydrogen-bond donors (Lipinski definition) is 0. The zero-order valence-electron chi connectivity index (χ0n) is 7.11. The minimum Gasteiger partial charge on any atom is -0.489 e. The van der Waals surface area contributed by atoms with E-state index in [1.54, 1.807) is 0 Å². The van der Waals surface area contributed by atoms with Crippen molar-refractivity contribution in [3.8, 4) is 5.75 Å². The Kier molecular flexibility index (Phi) is 3.90. The molecule has 0 bridgehead atoms. The molecule has 1 nitrogen and oxygen atoms in total. The summed E-state index contributed by atoms with van der Waals surface area (Å²) in [6, 6.07) is 2.07. The van der Waals surface area contributed by atoms with E-state index in [1.807, 2.05) is 29.5 Å². The first kappa shape index (κ1) is 10.7. The lowest BCUT2D eigenvalue weighted by molar-refractivity contribution is 0.298. The molecule has 0 atom stereocenters. The molecule has 0 N–H and O–H groups in total. The molecule has 0 aliphatic rings. The molecule has 0 amide bonds. The van der Waals surface area contributed by atoms with Gasteiger partial charge in [0.25, 0.3) is 0 Å². The van der Waals surface area contributed by atoms with E-state index < -0.39 is 11.6 Å². The van der Waals surface area contributed by atoms with Gasteiger partial charge in [0.05, 0.1) is 10.2 Å². The van der Waals surface area contributed by atoms with Crippen molar-refractivity contribution in [2.75, 3.05) is 6.61 Å². The van der Waals surface area contributed by atoms with E-state index in [-0.39, 0.29) is 5.75 Å². The van der Waals surface area contributed by atoms with Gasteiger partial charge in [-0.25, -0.2) is 8.78 Å². The molecule has 0 aliphatic heterocycles. The lowest BCUT2D eigenvalue weighted by Gasteiger charge is -2.07. The Hall–Kier alpha value is -0.390. The molecular formula is C9H9F2IO. The van der Waals surface area contributed by atoms with Crippen LogP contribution in [0.25, 0.3) is 0 Å². The topological polar surface area (TPSA) is 9.23 Å². The normalized spacial score (nSPS) is 10.2. The maximum Gasteiger partial charge on any atom is 0.169 e. The molecule has 4 heteroatoms. The van der Waals surface area contributed by atoms with Crippen LogP contribution in [0.2, 0.25) is 0 Å². The third kappa shape index (κ3) is 2.79. The van der Waals surface area contributed by atoms with Crippen LogP contribution < -0.4 is 4.74 Å². The third-order valence-electron chi connectivity index (χ3n) is 1.41. The second kappa shape index (κ2) is 4.74. The third-order valence-corrected chi connectivity index (χ3v) is 2.21. The van der Waals surface area contributed by atoms with Crippen LogP contribution in [0.15, 0.2) is 12.1 Å². The highest BCUT2D eigenvalue weighted by molar-refractivity contribution is 14.1. The summed E-state index contributed by atoms with van der Waals surface area (Å²) in [5, 5.41) is 0. The summed E-state index contributed by atoms with van der Waals surface area (Å²) in [6.07, 6.45) is 0.799. The van der Waals surface area contributed by atoms with Gasteiger partial charge in [-0.1, -0.05) is 6.92 Å². The van der Waals surface area contributed by atoms with Crippen LogP contribution in [0.1, 0.15) is 13.3 Å². The number of ether oxygens (including phenoxy) is 1. The fourth-order valence-corrected chi connectivity index (χ4v) is 1.58. The molecule has 0 aliphatic carbocycles. The lowest BCUT2D eigenvalue weighted by Crippen LogP contribution is -2.00. The summed E-state index contributed by atoms with van der Waals surface area (Å²) in [6.45, 7) is 2.37. The minimum absolute atomic E-state index is 0.142. The Bertz CT molecular complexity index is 279. The van der Waals surface area contributed by atoms with E-state index in [4.69, 9.17) is 4.74 Å². The molecule has 1 aromatic rings. The average molecular weight is 298 g/mol. The largest absolute Gasteiger partial charge is 0.489 e. The van der Waals surface area contributed by atoms with Crippen molar-refractivity contribution >= 4 is 22.6 Å². The fraction of sp³-hybridized carbons (Fsp3) is 0.333. The fourth-order valence-electron chi connectivity index (χ4n) is 0.871. The summed E-state index contributed by atoms with van der Waals surface area (Å²) >= 11 is 1.85. The predicted molar refractivity (Wildman–Crippen MR) is 54.9 cm³/mol. The Labute approximate surface area is 89.2 Å². The summed E-state index contributed by atoms with van der Waals surface area (Å²) in [5.41, 5.74) is 0. The molecule has 0 unspecified atom stereocenters. The first-order valence-electron chi connectivity index (χ1n) is 3.92. The van der Waals surface area contributed by atoms with Gasteiger partial charge in [-0.2, -0.15) is 0 Å². The molecule has 0 radical (unpaired) electrons. The quantitative estimate of drug-likeness (QED) is 0.778. The smallest absolute Gasteiger partial charge is 0.169 e. The van der Waals surface area contributed by atoms with E-state index in [0.29, 0.717) is 10.2 Å². The summed E-state index contributed by atoms with van der Waals surface area (Å²) in [4.78, 5) is 0.